The lowest BCUT2D eigenvalue weighted by Crippen LogP contribution is -2.31. The van der Waals surface area contributed by atoms with Gasteiger partial charge in [-0.15, -0.1) is 0 Å². The Bertz CT molecular complexity index is 959. The summed E-state index contributed by atoms with van der Waals surface area (Å²) in [6, 6.07) is 11.1. The normalized spacial score (nSPS) is 20.4. The van der Waals surface area contributed by atoms with E-state index in [-0.39, 0.29) is 17.4 Å². The van der Waals surface area contributed by atoms with E-state index in [0.29, 0.717) is 28.4 Å². The molecule has 1 fully saturated rings. The number of nitrogens with one attached hydrogen (secondary N) is 2. The average Bonchev–Trinajstić information content (AvgIpc) is 2.93. The quantitative estimate of drug-likeness (QED) is 0.666. The Kier molecular flexibility index (Phi) is 5.76. The van der Waals surface area contributed by atoms with E-state index >= 15 is 0 Å². The highest BCUT2D eigenvalue weighted by Crippen LogP contribution is 2.28. The van der Waals surface area contributed by atoms with Crippen molar-refractivity contribution in [2.45, 2.75) is 12.1 Å². The third kappa shape index (κ3) is 4.55. The topological polar surface area (TPSA) is 114 Å². The second-order valence-corrected chi connectivity index (χ2v) is 8.65. The number of benzene rings is 2. The molecule has 28 heavy (non-hydrogen) atoms. The molecule has 0 bridgehead atoms. The van der Waals surface area contributed by atoms with Crippen LogP contribution in [0.4, 0.5) is 11.4 Å². The van der Waals surface area contributed by atoms with Crippen LogP contribution in [0, 0.1) is 0 Å². The molecule has 1 amide bonds. The molecule has 0 aromatic heterocycles. The largest absolute Gasteiger partial charge is 0.493 e. The maximum absolute atomic E-state index is 12.4. The fourth-order valence-electron chi connectivity index (χ4n) is 3.01. The standard InChI is InChI=1S/C19H22N2O6S/c1-26-17-8-3-12(9-18(17)27-2)19(23)21-14-6-4-13(5-7-14)20-15-10-28(24,25)11-16(15)22/h3-9,15-16,20,22H,10-11H2,1-2H3,(H,21,23)/t15-,16-/m1/s1. The molecule has 0 spiro atoms. The summed E-state index contributed by atoms with van der Waals surface area (Å²) in [7, 11) is -0.200. The molecule has 2 atom stereocenters. The summed E-state index contributed by atoms with van der Waals surface area (Å²) in [5.74, 6) is 0.347. The summed E-state index contributed by atoms with van der Waals surface area (Å²) in [4.78, 5) is 12.4. The summed E-state index contributed by atoms with van der Waals surface area (Å²) in [5.41, 5.74) is 1.65. The van der Waals surface area contributed by atoms with Gasteiger partial charge in [-0.05, 0) is 42.5 Å². The molecule has 1 saturated heterocycles. The van der Waals surface area contributed by atoms with Crippen LogP contribution in [0.25, 0.3) is 0 Å². The fourth-order valence-corrected chi connectivity index (χ4v) is 4.75. The Morgan fingerprint density at radius 1 is 1.00 bits per heavy atom. The molecule has 150 valence electrons. The number of amides is 1. The first-order valence-electron chi connectivity index (χ1n) is 8.60. The van der Waals surface area contributed by atoms with Crippen LogP contribution in [0.1, 0.15) is 10.4 Å². The number of aliphatic hydroxyl groups excluding tert-OH is 1. The van der Waals surface area contributed by atoms with Gasteiger partial charge in [-0.25, -0.2) is 8.42 Å². The van der Waals surface area contributed by atoms with Gasteiger partial charge in [0.1, 0.15) is 0 Å². The molecule has 0 radical (unpaired) electrons. The lowest BCUT2D eigenvalue weighted by Gasteiger charge is -2.16. The van der Waals surface area contributed by atoms with Crippen LogP contribution < -0.4 is 20.1 Å². The molecule has 0 unspecified atom stereocenters. The van der Waals surface area contributed by atoms with Crippen LogP contribution in [-0.4, -0.2) is 57.3 Å². The number of sulfone groups is 1. The van der Waals surface area contributed by atoms with Gasteiger partial charge in [0.2, 0.25) is 0 Å². The van der Waals surface area contributed by atoms with E-state index in [0.717, 1.165) is 0 Å². The van der Waals surface area contributed by atoms with Gasteiger partial charge in [0.25, 0.3) is 5.91 Å². The number of hydrogen-bond donors (Lipinski definition) is 3. The first-order chi connectivity index (χ1) is 13.3. The molecule has 0 aliphatic carbocycles. The smallest absolute Gasteiger partial charge is 0.255 e. The van der Waals surface area contributed by atoms with Crippen molar-refractivity contribution in [3.05, 3.63) is 48.0 Å². The molecule has 3 N–H and O–H groups in total. The van der Waals surface area contributed by atoms with Crippen molar-refractivity contribution < 1.29 is 27.8 Å². The molecule has 1 aliphatic rings. The molecule has 1 aliphatic heterocycles. The van der Waals surface area contributed by atoms with E-state index in [2.05, 4.69) is 10.6 Å². The minimum Gasteiger partial charge on any atom is -0.493 e. The van der Waals surface area contributed by atoms with Crippen molar-refractivity contribution in [3.63, 3.8) is 0 Å². The zero-order chi connectivity index (χ0) is 20.3. The highest BCUT2D eigenvalue weighted by molar-refractivity contribution is 7.91. The maximum atomic E-state index is 12.4. The van der Waals surface area contributed by atoms with Crippen LogP contribution in [0.15, 0.2) is 42.5 Å². The zero-order valence-corrected chi connectivity index (χ0v) is 16.3. The van der Waals surface area contributed by atoms with Crippen LogP contribution in [0.5, 0.6) is 11.5 Å². The number of rotatable bonds is 6. The van der Waals surface area contributed by atoms with Crippen molar-refractivity contribution in [2.24, 2.45) is 0 Å². The molecule has 3 rings (SSSR count). The minimum atomic E-state index is -3.22. The zero-order valence-electron chi connectivity index (χ0n) is 15.5. The van der Waals surface area contributed by atoms with Crippen molar-refractivity contribution in [3.8, 4) is 11.5 Å². The second kappa shape index (κ2) is 8.07. The number of carbonyl (C=O) groups excluding carboxylic acids is 1. The Morgan fingerprint density at radius 2 is 1.64 bits per heavy atom. The van der Waals surface area contributed by atoms with Gasteiger partial charge in [0.15, 0.2) is 21.3 Å². The summed E-state index contributed by atoms with van der Waals surface area (Å²) >= 11 is 0. The van der Waals surface area contributed by atoms with E-state index in [1.165, 1.54) is 14.2 Å². The Hall–Kier alpha value is -2.78. The maximum Gasteiger partial charge on any atom is 0.255 e. The van der Waals surface area contributed by atoms with Crippen molar-refractivity contribution in [1.82, 2.24) is 0 Å². The van der Waals surface area contributed by atoms with Crippen molar-refractivity contribution >= 4 is 27.1 Å². The van der Waals surface area contributed by atoms with Crippen molar-refractivity contribution in [2.75, 3.05) is 36.4 Å². The Morgan fingerprint density at radius 3 is 2.21 bits per heavy atom. The Balaban J connectivity index is 1.65. The predicted molar refractivity (Wildman–Crippen MR) is 106 cm³/mol. The molecule has 8 nitrogen and oxygen atoms in total. The van der Waals surface area contributed by atoms with Gasteiger partial charge in [0.05, 0.1) is 37.9 Å². The first-order valence-corrected chi connectivity index (χ1v) is 10.4. The summed E-state index contributed by atoms with van der Waals surface area (Å²) in [5, 5.41) is 15.6. The number of methoxy groups -OCH3 is 2. The molecule has 0 saturated carbocycles. The second-order valence-electron chi connectivity index (χ2n) is 6.50. The molecule has 9 heteroatoms. The number of ether oxygens (including phenoxy) is 2. The summed E-state index contributed by atoms with van der Waals surface area (Å²) < 4.78 is 33.5. The van der Waals surface area contributed by atoms with Gasteiger partial charge in [0, 0.05) is 16.9 Å². The molecule has 1 heterocycles. The lowest BCUT2D eigenvalue weighted by atomic mass is 10.1. The van der Waals surface area contributed by atoms with E-state index in [9.17, 15) is 18.3 Å². The molecule has 2 aromatic rings. The Labute approximate surface area is 163 Å². The minimum absolute atomic E-state index is 0.105. The van der Waals surface area contributed by atoms with E-state index in [4.69, 9.17) is 9.47 Å². The predicted octanol–water partition coefficient (Wildman–Crippen LogP) is 1.53. The first kappa shape index (κ1) is 20.0. The van der Waals surface area contributed by atoms with Crippen LogP contribution in [-0.2, 0) is 9.84 Å². The molecule has 2 aromatic carbocycles. The fraction of sp³-hybridized carbons (Fsp3) is 0.316. The van der Waals surface area contributed by atoms with Crippen LogP contribution >= 0.6 is 0 Å². The number of hydrogen-bond acceptors (Lipinski definition) is 7. The monoisotopic (exact) mass is 406 g/mol. The number of carbonyl (C=O) groups is 1. The lowest BCUT2D eigenvalue weighted by molar-refractivity contribution is 0.102. The molecular weight excluding hydrogens is 384 g/mol. The van der Waals surface area contributed by atoms with Gasteiger partial charge < -0.3 is 25.2 Å². The highest BCUT2D eigenvalue weighted by Gasteiger charge is 2.36. The third-order valence-electron chi connectivity index (χ3n) is 4.46. The van der Waals surface area contributed by atoms with Gasteiger partial charge in [-0.3, -0.25) is 4.79 Å². The third-order valence-corrected chi connectivity index (χ3v) is 6.18. The average molecular weight is 406 g/mol. The van der Waals surface area contributed by atoms with Crippen molar-refractivity contribution in [1.29, 1.82) is 0 Å². The van der Waals surface area contributed by atoms with E-state index in [1.807, 2.05) is 0 Å². The van der Waals surface area contributed by atoms with Crippen LogP contribution in [0.3, 0.4) is 0 Å². The van der Waals surface area contributed by atoms with E-state index in [1.54, 1.807) is 42.5 Å². The summed E-state index contributed by atoms with van der Waals surface area (Å²) in [6.07, 6.45) is -0.936. The highest BCUT2D eigenvalue weighted by atomic mass is 32.2. The number of anilines is 2. The van der Waals surface area contributed by atoms with Gasteiger partial charge in [-0.1, -0.05) is 0 Å². The SMILES string of the molecule is COc1ccc(C(=O)Nc2ccc(N[C@@H]3CS(=O)(=O)C[C@H]3O)cc2)cc1OC. The van der Waals surface area contributed by atoms with E-state index < -0.39 is 22.0 Å². The van der Waals surface area contributed by atoms with Gasteiger partial charge >= 0.3 is 0 Å². The molecular formula is C19H22N2O6S. The number of aliphatic hydroxyl groups is 1. The summed E-state index contributed by atoms with van der Waals surface area (Å²) in [6.45, 7) is 0. The van der Waals surface area contributed by atoms with Gasteiger partial charge in [-0.2, -0.15) is 0 Å². The van der Waals surface area contributed by atoms with Crippen LogP contribution in [0.2, 0.25) is 0 Å².